The highest BCUT2D eigenvalue weighted by Gasteiger charge is 2.15. The van der Waals surface area contributed by atoms with Gasteiger partial charge in [-0.25, -0.2) is 0 Å². The largest absolute Gasteiger partial charge is 0.508 e. The third-order valence-electron chi connectivity index (χ3n) is 2.66. The van der Waals surface area contributed by atoms with Crippen molar-refractivity contribution >= 4 is 18.0 Å². The van der Waals surface area contributed by atoms with Crippen LogP contribution in [-0.4, -0.2) is 40.6 Å². The van der Waals surface area contributed by atoms with Gasteiger partial charge in [-0.15, -0.1) is 0 Å². The maximum Gasteiger partial charge on any atom is 0.308 e. The van der Waals surface area contributed by atoms with Crippen molar-refractivity contribution in [3.63, 3.8) is 0 Å². The van der Waals surface area contributed by atoms with Gasteiger partial charge in [-0.3, -0.25) is 9.59 Å². The minimum atomic E-state index is -0.929. The van der Waals surface area contributed by atoms with Gasteiger partial charge in [-0.05, 0) is 23.8 Å². The molecular weight excluding hydrogens is 246 g/mol. The minimum Gasteiger partial charge on any atom is -0.508 e. The fraction of sp³-hybridized carbons (Fsp3) is 0.286. The number of carbonyl (C=O) groups excluding carboxylic acids is 1. The molecule has 1 amide bonds. The zero-order valence-corrected chi connectivity index (χ0v) is 10.9. The molecular formula is C14H17NO4. The fourth-order valence-electron chi connectivity index (χ4n) is 1.46. The van der Waals surface area contributed by atoms with Crippen LogP contribution in [0.15, 0.2) is 30.3 Å². The lowest BCUT2D eigenvalue weighted by Gasteiger charge is -2.17. The lowest BCUT2D eigenvalue weighted by molar-refractivity contribution is -0.142. The number of carbonyl (C=O) groups is 2. The molecule has 0 aliphatic rings. The number of carboxylic acid groups (broad SMARTS) is 1. The molecule has 5 nitrogen and oxygen atoms in total. The predicted octanol–water partition coefficient (Wildman–Crippen LogP) is 1.58. The Bertz CT molecular complexity index is 479. The average molecular weight is 263 g/mol. The molecule has 0 aromatic heterocycles. The summed E-state index contributed by atoms with van der Waals surface area (Å²) in [4.78, 5) is 23.8. The molecule has 19 heavy (non-hydrogen) atoms. The third kappa shape index (κ3) is 4.83. The molecule has 1 aromatic rings. The quantitative estimate of drug-likeness (QED) is 0.791. The summed E-state index contributed by atoms with van der Waals surface area (Å²) in [6.07, 6.45) is 2.99. The molecule has 1 unspecified atom stereocenters. The number of phenols is 1. The lowest BCUT2D eigenvalue weighted by atomic mass is 10.1. The summed E-state index contributed by atoms with van der Waals surface area (Å²) < 4.78 is 0. The van der Waals surface area contributed by atoms with Crippen LogP contribution in [0.2, 0.25) is 0 Å². The van der Waals surface area contributed by atoms with Crippen molar-refractivity contribution < 1.29 is 19.8 Å². The fourth-order valence-corrected chi connectivity index (χ4v) is 1.46. The van der Waals surface area contributed by atoms with E-state index in [1.54, 1.807) is 32.2 Å². The highest BCUT2D eigenvalue weighted by Crippen LogP contribution is 2.11. The summed E-state index contributed by atoms with van der Waals surface area (Å²) in [5.41, 5.74) is 0.783. The van der Waals surface area contributed by atoms with Crippen LogP contribution in [0.1, 0.15) is 12.5 Å². The number of amides is 1. The molecule has 102 valence electrons. The molecule has 0 spiro atoms. The molecule has 0 radical (unpaired) electrons. The van der Waals surface area contributed by atoms with Gasteiger partial charge in [-0.1, -0.05) is 19.1 Å². The Hall–Kier alpha value is -2.30. The first kappa shape index (κ1) is 14.8. The van der Waals surface area contributed by atoms with Crippen LogP contribution < -0.4 is 0 Å². The molecule has 0 saturated carbocycles. The summed E-state index contributed by atoms with van der Waals surface area (Å²) in [5, 5.41) is 17.9. The van der Waals surface area contributed by atoms with E-state index in [1.807, 2.05) is 0 Å². The van der Waals surface area contributed by atoms with Gasteiger partial charge in [0.25, 0.3) is 0 Å². The van der Waals surface area contributed by atoms with Crippen molar-refractivity contribution in [2.75, 3.05) is 13.6 Å². The van der Waals surface area contributed by atoms with Gasteiger partial charge in [0.05, 0.1) is 5.92 Å². The zero-order chi connectivity index (χ0) is 14.4. The van der Waals surface area contributed by atoms with Crippen molar-refractivity contribution in [2.24, 2.45) is 5.92 Å². The number of aromatic hydroxyl groups is 1. The van der Waals surface area contributed by atoms with Gasteiger partial charge in [-0.2, -0.15) is 0 Å². The summed E-state index contributed by atoms with van der Waals surface area (Å²) in [6.45, 7) is 1.71. The number of hydrogen-bond acceptors (Lipinski definition) is 3. The SMILES string of the molecule is CC(CN(C)C(=O)/C=C/c1ccc(O)cc1)C(=O)O. The van der Waals surface area contributed by atoms with Crippen LogP contribution in [0.25, 0.3) is 6.08 Å². The molecule has 0 fully saturated rings. The van der Waals surface area contributed by atoms with Crippen LogP contribution >= 0.6 is 0 Å². The van der Waals surface area contributed by atoms with E-state index >= 15 is 0 Å². The van der Waals surface area contributed by atoms with E-state index < -0.39 is 11.9 Å². The van der Waals surface area contributed by atoms with Crippen molar-refractivity contribution in [3.05, 3.63) is 35.9 Å². The van der Waals surface area contributed by atoms with Crippen molar-refractivity contribution in [3.8, 4) is 5.75 Å². The second-order valence-corrected chi connectivity index (χ2v) is 4.38. The molecule has 0 aliphatic carbocycles. The van der Waals surface area contributed by atoms with Gasteiger partial charge < -0.3 is 15.1 Å². The smallest absolute Gasteiger partial charge is 0.308 e. The number of nitrogens with zero attached hydrogens (tertiary/aromatic N) is 1. The summed E-state index contributed by atoms with van der Waals surface area (Å²) >= 11 is 0. The average Bonchev–Trinajstić information content (AvgIpc) is 2.37. The molecule has 5 heteroatoms. The van der Waals surface area contributed by atoms with Crippen molar-refractivity contribution in [1.29, 1.82) is 0 Å². The van der Waals surface area contributed by atoms with Crippen LogP contribution in [0.5, 0.6) is 5.75 Å². The van der Waals surface area contributed by atoms with Crippen molar-refractivity contribution in [1.82, 2.24) is 4.90 Å². The first-order valence-electron chi connectivity index (χ1n) is 5.85. The standard InChI is InChI=1S/C14H17NO4/c1-10(14(18)19)9-15(2)13(17)8-5-11-3-6-12(16)7-4-11/h3-8,10,16H,9H2,1-2H3,(H,18,19)/b8-5+. The van der Waals surface area contributed by atoms with Crippen LogP contribution in [0.4, 0.5) is 0 Å². The number of benzene rings is 1. The number of rotatable bonds is 5. The van der Waals surface area contributed by atoms with Gasteiger partial charge in [0.2, 0.25) is 5.91 Å². The number of aliphatic carboxylic acids is 1. The Balaban J connectivity index is 2.58. The number of phenolic OH excluding ortho intramolecular Hbond substituents is 1. The van der Waals surface area contributed by atoms with Crippen LogP contribution in [-0.2, 0) is 9.59 Å². The highest BCUT2D eigenvalue weighted by molar-refractivity contribution is 5.91. The molecule has 0 heterocycles. The zero-order valence-electron chi connectivity index (χ0n) is 10.9. The third-order valence-corrected chi connectivity index (χ3v) is 2.66. The second-order valence-electron chi connectivity index (χ2n) is 4.38. The molecule has 2 N–H and O–H groups in total. The number of carboxylic acids is 1. The van der Waals surface area contributed by atoms with E-state index in [2.05, 4.69) is 0 Å². The Kier molecular flexibility index (Phi) is 5.11. The van der Waals surface area contributed by atoms with Crippen LogP contribution in [0, 0.1) is 5.92 Å². The predicted molar refractivity (Wildman–Crippen MR) is 71.6 cm³/mol. The maximum absolute atomic E-state index is 11.7. The molecule has 0 aliphatic heterocycles. The second kappa shape index (κ2) is 6.58. The maximum atomic E-state index is 11.7. The Morgan fingerprint density at radius 2 is 1.89 bits per heavy atom. The van der Waals surface area contributed by atoms with E-state index in [4.69, 9.17) is 10.2 Å². The normalized spacial score (nSPS) is 12.3. The van der Waals surface area contributed by atoms with Gasteiger partial charge >= 0.3 is 5.97 Å². The van der Waals surface area contributed by atoms with E-state index in [9.17, 15) is 9.59 Å². The Morgan fingerprint density at radius 1 is 1.32 bits per heavy atom. The summed E-state index contributed by atoms with van der Waals surface area (Å²) in [6, 6.07) is 6.42. The first-order chi connectivity index (χ1) is 8.90. The first-order valence-corrected chi connectivity index (χ1v) is 5.85. The van der Waals surface area contributed by atoms with E-state index in [0.29, 0.717) is 0 Å². The molecule has 1 aromatic carbocycles. The van der Waals surface area contributed by atoms with Gasteiger partial charge in [0.15, 0.2) is 0 Å². The number of hydrogen-bond donors (Lipinski definition) is 2. The topological polar surface area (TPSA) is 77.8 Å². The highest BCUT2D eigenvalue weighted by atomic mass is 16.4. The lowest BCUT2D eigenvalue weighted by Crippen LogP contribution is -2.32. The Morgan fingerprint density at radius 3 is 2.42 bits per heavy atom. The molecule has 1 rings (SSSR count). The summed E-state index contributed by atoms with van der Waals surface area (Å²) in [5.74, 6) is -1.63. The minimum absolute atomic E-state index is 0.161. The van der Waals surface area contributed by atoms with E-state index in [0.717, 1.165) is 5.56 Å². The van der Waals surface area contributed by atoms with Gasteiger partial charge in [0, 0.05) is 19.7 Å². The van der Waals surface area contributed by atoms with E-state index in [1.165, 1.54) is 23.1 Å². The van der Waals surface area contributed by atoms with E-state index in [-0.39, 0.29) is 18.2 Å². The molecule has 0 bridgehead atoms. The molecule has 0 saturated heterocycles. The van der Waals surface area contributed by atoms with Crippen molar-refractivity contribution in [2.45, 2.75) is 6.92 Å². The van der Waals surface area contributed by atoms with Gasteiger partial charge in [0.1, 0.15) is 5.75 Å². The monoisotopic (exact) mass is 263 g/mol. The number of likely N-dealkylation sites (N-methyl/N-ethyl adjacent to an activating group) is 1. The van der Waals surface area contributed by atoms with Crippen LogP contribution in [0.3, 0.4) is 0 Å². The Labute approximate surface area is 111 Å². The summed E-state index contributed by atoms with van der Waals surface area (Å²) in [7, 11) is 1.56. The molecule has 1 atom stereocenters.